The quantitative estimate of drug-likeness (QED) is 0.871. The van der Waals surface area contributed by atoms with Gasteiger partial charge < -0.3 is 5.32 Å². The van der Waals surface area contributed by atoms with E-state index in [1.54, 1.807) is 0 Å². The van der Waals surface area contributed by atoms with Crippen LogP contribution in [-0.2, 0) is 10.0 Å². The maximum absolute atomic E-state index is 12.4. The lowest BCUT2D eigenvalue weighted by Gasteiger charge is -2.20. The zero-order valence-electron chi connectivity index (χ0n) is 12.5. The molecular formula is C14H24N4O2S. The van der Waals surface area contributed by atoms with Gasteiger partial charge in [0, 0.05) is 12.6 Å². The minimum Gasteiger partial charge on any atom is -0.355 e. The lowest BCUT2D eigenvalue weighted by molar-refractivity contribution is 0.426. The monoisotopic (exact) mass is 312 g/mol. The van der Waals surface area contributed by atoms with E-state index >= 15 is 0 Å². The van der Waals surface area contributed by atoms with Crippen molar-refractivity contribution in [1.82, 2.24) is 14.7 Å². The summed E-state index contributed by atoms with van der Waals surface area (Å²) >= 11 is 0. The third kappa shape index (κ3) is 4.93. The van der Waals surface area contributed by atoms with Crippen LogP contribution < -0.4 is 10.0 Å². The van der Waals surface area contributed by atoms with Crippen molar-refractivity contribution >= 4 is 16.0 Å². The maximum Gasteiger partial charge on any atom is 0.243 e. The van der Waals surface area contributed by atoms with E-state index < -0.39 is 10.0 Å². The van der Waals surface area contributed by atoms with Crippen LogP contribution >= 0.6 is 0 Å². The molecule has 118 valence electrons. The summed E-state index contributed by atoms with van der Waals surface area (Å²) in [5.41, 5.74) is 0. The summed E-state index contributed by atoms with van der Waals surface area (Å²) in [6.07, 6.45) is 10.4. The number of hydrogen-bond donors (Lipinski definition) is 2. The number of sulfonamides is 1. The Hall–Kier alpha value is -1.21. The molecule has 7 heteroatoms. The summed E-state index contributed by atoms with van der Waals surface area (Å²) in [5.74, 6) is 0.447. The molecule has 0 saturated heterocycles. The number of nitrogens with one attached hydrogen (secondary N) is 2. The molecule has 0 aliphatic heterocycles. The van der Waals surface area contributed by atoms with Crippen LogP contribution in [0.1, 0.15) is 51.9 Å². The third-order valence-corrected chi connectivity index (χ3v) is 5.18. The molecule has 1 fully saturated rings. The van der Waals surface area contributed by atoms with Crippen LogP contribution in [0, 0.1) is 0 Å². The van der Waals surface area contributed by atoms with Gasteiger partial charge in [-0.2, -0.15) is 0 Å². The fourth-order valence-electron chi connectivity index (χ4n) is 2.57. The molecule has 0 amide bonds. The van der Waals surface area contributed by atoms with Gasteiger partial charge in [-0.1, -0.05) is 32.1 Å². The van der Waals surface area contributed by atoms with Gasteiger partial charge in [0.15, 0.2) is 0 Å². The van der Waals surface area contributed by atoms with Crippen LogP contribution in [0.15, 0.2) is 17.3 Å². The Balaban J connectivity index is 2.02. The molecule has 0 aromatic carbocycles. The second-order valence-corrected chi connectivity index (χ2v) is 7.15. The van der Waals surface area contributed by atoms with Gasteiger partial charge >= 0.3 is 0 Å². The van der Waals surface area contributed by atoms with Crippen LogP contribution in [0.4, 0.5) is 5.95 Å². The van der Waals surface area contributed by atoms with Crippen molar-refractivity contribution in [2.75, 3.05) is 11.9 Å². The van der Waals surface area contributed by atoms with Gasteiger partial charge in [0.1, 0.15) is 4.90 Å². The molecule has 1 aromatic heterocycles. The Bertz CT molecular complexity index is 522. The first-order chi connectivity index (χ1) is 10.1. The Kier molecular flexibility index (Phi) is 5.93. The van der Waals surface area contributed by atoms with Crippen LogP contribution in [0.25, 0.3) is 0 Å². The molecule has 21 heavy (non-hydrogen) atoms. The normalized spacial score (nSPS) is 18.0. The predicted molar refractivity (Wildman–Crippen MR) is 82.6 cm³/mol. The molecule has 0 unspecified atom stereocenters. The van der Waals surface area contributed by atoms with Crippen molar-refractivity contribution in [3.05, 3.63) is 12.4 Å². The average Bonchev–Trinajstić information content (AvgIpc) is 2.43. The molecule has 0 radical (unpaired) electrons. The summed E-state index contributed by atoms with van der Waals surface area (Å²) < 4.78 is 27.5. The van der Waals surface area contributed by atoms with Gasteiger partial charge in [0.25, 0.3) is 0 Å². The summed E-state index contributed by atoms with van der Waals surface area (Å²) in [6.45, 7) is 2.64. The number of rotatable bonds is 5. The van der Waals surface area contributed by atoms with Gasteiger partial charge in [-0.25, -0.2) is 23.1 Å². The molecule has 2 N–H and O–H groups in total. The van der Waals surface area contributed by atoms with Crippen LogP contribution in [0.2, 0.25) is 0 Å². The Labute approximate surface area is 126 Å². The second kappa shape index (κ2) is 7.70. The highest BCUT2D eigenvalue weighted by Gasteiger charge is 2.21. The summed E-state index contributed by atoms with van der Waals surface area (Å²) in [7, 11) is -3.52. The number of nitrogens with zero attached hydrogens (tertiary/aromatic N) is 2. The smallest absolute Gasteiger partial charge is 0.243 e. The largest absolute Gasteiger partial charge is 0.355 e. The molecule has 0 atom stereocenters. The van der Waals surface area contributed by atoms with E-state index in [4.69, 9.17) is 0 Å². The van der Waals surface area contributed by atoms with E-state index in [0.717, 1.165) is 25.7 Å². The molecule has 1 aliphatic carbocycles. The Morgan fingerprint density at radius 2 is 1.67 bits per heavy atom. The molecule has 6 nitrogen and oxygen atoms in total. The second-order valence-electron chi connectivity index (χ2n) is 5.44. The zero-order chi connectivity index (χ0) is 15.1. The highest BCUT2D eigenvalue weighted by molar-refractivity contribution is 7.89. The molecule has 1 aromatic rings. The van der Waals surface area contributed by atoms with Gasteiger partial charge in [0.05, 0.1) is 12.4 Å². The first kappa shape index (κ1) is 16.2. The first-order valence-electron chi connectivity index (χ1n) is 7.70. The van der Waals surface area contributed by atoms with Crippen molar-refractivity contribution in [1.29, 1.82) is 0 Å². The maximum atomic E-state index is 12.4. The summed E-state index contributed by atoms with van der Waals surface area (Å²) in [4.78, 5) is 8.17. The molecule has 0 bridgehead atoms. The lowest BCUT2D eigenvalue weighted by atomic mass is 9.97. The molecule has 1 heterocycles. The van der Waals surface area contributed by atoms with Crippen LogP contribution in [0.5, 0.6) is 0 Å². The van der Waals surface area contributed by atoms with Gasteiger partial charge in [-0.15, -0.1) is 0 Å². The van der Waals surface area contributed by atoms with E-state index in [1.807, 2.05) is 6.92 Å². The van der Waals surface area contributed by atoms with E-state index in [1.165, 1.54) is 31.7 Å². The van der Waals surface area contributed by atoms with Crippen LogP contribution in [-0.4, -0.2) is 31.0 Å². The SMILES string of the molecule is CCNc1ncc(S(=O)(=O)NC2CCCCCCC2)cn1. The summed E-state index contributed by atoms with van der Waals surface area (Å²) in [6, 6.07) is 0.0312. The Morgan fingerprint density at radius 1 is 1.10 bits per heavy atom. The van der Waals surface area contributed by atoms with E-state index in [2.05, 4.69) is 20.0 Å². The van der Waals surface area contributed by atoms with Crippen molar-refractivity contribution in [2.24, 2.45) is 0 Å². The topological polar surface area (TPSA) is 84.0 Å². The highest BCUT2D eigenvalue weighted by Crippen LogP contribution is 2.19. The minimum absolute atomic E-state index is 0.0312. The lowest BCUT2D eigenvalue weighted by Crippen LogP contribution is -2.35. The molecule has 2 rings (SSSR count). The van der Waals surface area contributed by atoms with Crippen molar-refractivity contribution < 1.29 is 8.42 Å². The van der Waals surface area contributed by atoms with E-state index in [-0.39, 0.29) is 10.9 Å². The molecule has 1 aliphatic rings. The standard InChI is InChI=1S/C14H24N4O2S/c1-2-15-14-16-10-13(11-17-14)21(19,20)18-12-8-6-4-3-5-7-9-12/h10-12,18H,2-9H2,1H3,(H,15,16,17). The van der Waals surface area contributed by atoms with Crippen molar-refractivity contribution in [3.63, 3.8) is 0 Å². The molecular weight excluding hydrogens is 288 g/mol. The van der Waals surface area contributed by atoms with Gasteiger partial charge in [0.2, 0.25) is 16.0 Å². The first-order valence-corrected chi connectivity index (χ1v) is 9.18. The Morgan fingerprint density at radius 3 is 2.24 bits per heavy atom. The zero-order valence-corrected chi connectivity index (χ0v) is 13.3. The number of hydrogen-bond acceptors (Lipinski definition) is 5. The van der Waals surface area contributed by atoms with Gasteiger partial charge in [-0.3, -0.25) is 0 Å². The van der Waals surface area contributed by atoms with Crippen molar-refractivity contribution in [2.45, 2.75) is 62.8 Å². The van der Waals surface area contributed by atoms with E-state index in [9.17, 15) is 8.42 Å². The van der Waals surface area contributed by atoms with Crippen LogP contribution in [0.3, 0.4) is 0 Å². The highest BCUT2D eigenvalue weighted by atomic mass is 32.2. The fraction of sp³-hybridized carbons (Fsp3) is 0.714. The predicted octanol–water partition coefficient (Wildman–Crippen LogP) is 2.30. The summed E-state index contributed by atoms with van der Waals surface area (Å²) in [5, 5.41) is 2.95. The fourth-order valence-corrected chi connectivity index (χ4v) is 3.76. The van der Waals surface area contributed by atoms with E-state index in [0.29, 0.717) is 12.5 Å². The number of anilines is 1. The molecule has 1 saturated carbocycles. The van der Waals surface area contributed by atoms with Gasteiger partial charge in [-0.05, 0) is 19.8 Å². The third-order valence-electron chi connectivity index (χ3n) is 3.70. The van der Waals surface area contributed by atoms with Crippen molar-refractivity contribution in [3.8, 4) is 0 Å². The average molecular weight is 312 g/mol. The molecule has 0 spiro atoms. The number of aromatic nitrogens is 2. The minimum atomic E-state index is -3.52.